The summed E-state index contributed by atoms with van der Waals surface area (Å²) < 4.78 is 0. The van der Waals surface area contributed by atoms with Crippen LogP contribution in [0.5, 0.6) is 0 Å². The number of nitrogens with one attached hydrogen (secondary N) is 1. The average Bonchev–Trinajstić information content (AvgIpc) is 2.66. The zero-order chi connectivity index (χ0) is 18.6. The van der Waals surface area contributed by atoms with Crippen LogP contribution in [-0.2, 0) is 17.6 Å². The second-order valence-electron chi connectivity index (χ2n) is 5.91. The van der Waals surface area contributed by atoms with Gasteiger partial charge in [-0.25, -0.2) is 4.79 Å². The molecule has 2 rings (SSSR count). The van der Waals surface area contributed by atoms with E-state index in [0.717, 1.165) is 18.4 Å². The Morgan fingerprint density at radius 3 is 2.50 bits per heavy atom. The Bertz CT molecular complexity index is 680. The van der Waals surface area contributed by atoms with E-state index >= 15 is 0 Å². The normalized spacial score (nSPS) is 10.3. The second kappa shape index (κ2) is 11.3. The fraction of sp³-hybridized carbons (Fsp3) is 0.350. The summed E-state index contributed by atoms with van der Waals surface area (Å²) in [4.78, 5) is 29.5. The van der Waals surface area contributed by atoms with Crippen LogP contribution >= 0.6 is 11.8 Å². The molecule has 6 heteroatoms. The van der Waals surface area contributed by atoms with Crippen LogP contribution in [0.1, 0.15) is 18.1 Å². The lowest BCUT2D eigenvalue weighted by molar-refractivity contribution is -0.109. The number of amides is 2. The third-order valence-corrected chi connectivity index (χ3v) is 4.67. The van der Waals surface area contributed by atoms with Crippen LogP contribution in [0.4, 0.5) is 4.79 Å². The lowest BCUT2D eigenvalue weighted by Gasteiger charge is -2.23. The van der Waals surface area contributed by atoms with Gasteiger partial charge in [0, 0.05) is 44.7 Å². The molecule has 1 heterocycles. The number of urea groups is 1. The van der Waals surface area contributed by atoms with Crippen molar-refractivity contribution < 1.29 is 9.59 Å². The number of benzene rings is 1. The molecule has 0 unspecified atom stereocenters. The number of hydrogen-bond acceptors (Lipinski definition) is 4. The van der Waals surface area contributed by atoms with Crippen molar-refractivity contribution in [2.75, 3.05) is 25.4 Å². The minimum Gasteiger partial charge on any atom is -0.338 e. The highest BCUT2D eigenvalue weighted by molar-refractivity contribution is 8.13. The maximum atomic E-state index is 12.5. The third kappa shape index (κ3) is 7.70. The van der Waals surface area contributed by atoms with Gasteiger partial charge in [-0.1, -0.05) is 48.2 Å². The van der Waals surface area contributed by atoms with Crippen molar-refractivity contribution in [2.24, 2.45) is 0 Å². The average molecular weight is 372 g/mol. The fourth-order valence-corrected chi connectivity index (χ4v) is 3.09. The van der Waals surface area contributed by atoms with E-state index < -0.39 is 0 Å². The molecule has 5 nitrogen and oxygen atoms in total. The Morgan fingerprint density at radius 1 is 1.04 bits per heavy atom. The number of hydrogen-bond donors (Lipinski definition) is 1. The monoisotopic (exact) mass is 371 g/mol. The van der Waals surface area contributed by atoms with Gasteiger partial charge in [-0.05, 0) is 30.0 Å². The molecule has 138 valence electrons. The smallest absolute Gasteiger partial charge is 0.317 e. The lowest BCUT2D eigenvalue weighted by atomic mass is 10.1. The molecule has 0 fully saturated rings. The Labute approximate surface area is 159 Å². The molecule has 1 N–H and O–H groups in total. The summed E-state index contributed by atoms with van der Waals surface area (Å²) >= 11 is 1.25. The molecular formula is C20H25N3O2S. The number of thioether (sulfide) groups is 1. The number of carbonyl (C=O) groups excluding carboxylic acids is 2. The van der Waals surface area contributed by atoms with Gasteiger partial charge in [0.25, 0.3) is 0 Å². The molecule has 0 saturated carbocycles. The van der Waals surface area contributed by atoms with Gasteiger partial charge in [-0.15, -0.1) is 0 Å². The standard InChI is InChI=1S/C20H25N3O2S/c1-17(24)26-15-14-23(13-10-18-6-3-2-4-7-18)20(25)22-12-9-19-8-5-11-21-16-19/h2-8,11,16H,9-10,12-15H2,1H3,(H,22,25). The van der Waals surface area contributed by atoms with E-state index in [4.69, 9.17) is 0 Å². The van der Waals surface area contributed by atoms with E-state index in [-0.39, 0.29) is 11.1 Å². The van der Waals surface area contributed by atoms with Gasteiger partial charge >= 0.3 is 6.03 Å². The summed E-state index contributed by atoms with van der Waals surface area (Å²) in [6, 6.07) is 13.9. The number of pyridine rings is 1. The molecule has 0 radical (unpaired) electrons. The first-order chi connectivity index (χ1) is 12.6. The van der Waals surface area contributed by atoms with Crippen LogP contribution in [0.3, 0.4) is 0 Å². The zero-order valence-corrected chi connectivity index (χ0v) is 15.9. The second-order valence-corrected chi connectivity index (χ2v) is 7.18. The number of aromatic nitrogens is 1. The molecule has 2 amide bonds. The van der Waals surface area contributed by atoms with Crippen LogP contribution in [0.25, 0.3) is 0 Å². The van der Waals surface area contributed by atoms with Crippen LogP contribution < -0.4 is 5.32 Å². The first kappa shape index (κ1) is 20.0. The number of carbonyl (C=O) groups is 2. The Kier molecular flexibility index (Phi) is 8.69. The molecular weight excluding hydrogens is 346 g/mol. The molecule has 2 aromatic rings. The van der Waals surface area contributed by atoms with Crippen molar-refractivity contribution in [3.63, 3.8) is 0 Å². The van der Waals surface area contributed by atoms with Crippen molar-refractivity contribution in [1.82, 2.24) is 15.2 Å². The van der Waals surface area contributed by atoms with Gasteiger partial charge in [0.1, 0.15) is 0 Å². The summed E-state index contributed by atoms with van der Waals surface area (Å²) in [6.07, 6.45) is 5.08. The quantitative estimate of drug-likeness (QED) is 0.735. The van der Waals surface area contributed by atoms with Crippen LogP contribution in [-0.4, -0.2) is 46.4 Å². The predicted octanol–water partition coefficient (Wildman–Crippen LogP) is 3.16. The van der Waals surface area contributed by atoms with E-state index in [2.05, 4.69) is 22.4 Å². The highest BCUT2D eigenvalue weighted by Crippen LogP contribution is 2.06. The molecule has 0 aliphatic carbocycles. The van der Waals surface area contributed by atoms with Crippen molar-refractivity contribution >= 4 is 22.9 Å². The highest BCUT2D eigenvalue weighted by Gasteiger charge is 2.13. The minimum atomic E-state index is -0.0889. The van der Waals surface area contributed by atoms with Crippen molar-refractivity contribution in [3.05, 3.63) is 66.0 Å². The SMILES string of the molecule is CC(=O)SCCN(CCc1ccccc1)C(=O)NCCc1cccnc1. The number of rotatable bonds is 9. The van der Waals surface area contributed by atoms with Crippen LogP contribution in [0, 0.1) is 0 Å². The molecule has 0 bridgehead atoms. The summed E-state index contributed by atoms with van der Waals surface area (Å²) in [6.45, 7) is 3.29. The molecule has 26 heavy (non-hydrogen) atoms. The maximum absolute atomic E-state index is 12.5. The predicted molar refractivity (Wildman–Crippen MR) is 106 cm³/mol. The largest absolute Gasteiger partial charge is 0.338 e. The van der Waals surface area contributed by atoms with E-state index in [1.807, 2.05) is 36.5 Å². The minimum absolute atomic E-state index is 0.0741. The Morgan fingerprint density at radius 2 is 1.81 bits per heavy atom. The fourth-order valence-electron chi connectivity index (χ4n) is 2.49. The number of nitrogens with zero attached hydrogens (tertiary/aromatic N) is 2. The van der Waals surface area contributed by atoms with Gasteiger partial charge in [0.2, 0.25) is 0 Å². The summed E-state index contributed by atoms with van der Waals surface area (Å²) in [7, 11) is 0. The maximum Gasteiger partial charge on any atom is 0.317 e. The molecule has 0 saturated heterocycles. The molecule has 1 aromatic heterocycles. The van der Waals surface area contributed by atoms with Crippen molar-refractivity contribution in [3.8, 4) is 0 Å². The van der Waals surface area contributed by atoms with Gasteiger partial charge in [-0.3, -0.25) is 9.78 Å². The van der Waals surface area contributed by atoms with Crippen LogP contribution in [0.15, 0.2) is 54.9 Å². The van der Waals surface area contributed by atoms with Crippen molar-refractivity contribution in [2.45, 2.75) is 19.8 Å². The van der Waals surface area contributed by atoms with Gasteiger partial charge in [-0.2, -0.15) is 0 Å². The van der Waals surface area contributed by atoms with E-state index in [1.54, 1.807) is 18.0 Å². The highest BCUT2D eigenvalue weighted by atomic mass is 32.2. The van der Waals surface area contributed by atoms with Gasteiger partial charge in [0.05, 0.1) is 0 Å². The Hall–Kier alpha value is -2.34. The Balaban J connectivity index is 1.83. The first-order valence-corrected chi connectivity index (χ1v) is 9.72. The van der Waals surface area contributed by atoms with Crippen LogP contribution in [0.2, 0.25) is 0 Å². The van der Waals surface area contributed by atoms with Gasteiger partial charge in [0.15, 0.2) is 5.12 Å². The lowest BCUT2D eigenvalue weighted by Crippen LogP contribution is -2.43. The zero-order valence-electron chi connectivity index (χ0n) is 15.1. The summed E-state index contributed by atoms with van der Waals surface area (Å²) in [5.41, 5.74) is 2.29. The molecule has 0 aliphatic rings. The topological polar surface area (TPSA) is 62.3 Å². The van der Waals surface area contributed by atoms with E-state index in [0.29, 0.717) is 25.4 Å². The summed E-state index contributed by atoms with van der Waals surface area (Å²) in [5.74, 6) is 0.611. The van der Waals surface area contributed by atoms with E-state index in [9.17, 15) is 9.59 Å². The van der Waals surface area contributed by atoms with Crippen molar-refractivity contribution in [1.29, 1.82) is 0 Å². The van der Waals surface area contributed by atoms with E-state index in [1.165, 1.54) is 17.3 Å². The van der Waals surface area contributed by atoms with Gasteiger partial charge < -0.3 is 10.2 Å². The third-order valence-electron chi connectivity index (χ3n) is 3.88. The summed E-state index contributed by atoms with van der Waals surface area (Å²) in [5, 5.41) is 3.04. The molecule has 1 aromatic carbocycles. The first-order valence-electron chi connectivity index (χ1n) is 8.74. The molecule has 0 atom stereocenters. The molecule has 0 aliphatic heterocycles. The molecule has 0 spiro atoms.